The minimum absolute atomic E-state index is 0.0231. The highest BCUT2D eigenvalue weighted by molar-refractivity contribution is 5.93. The van der Waals surface area contributed by atoms with E-state index in [2.05, 4.69) is 15.2 Å². The van der Waals surface area contributed by atoms with Crippen LogP contribution in [0.2, 0.25) is 0 Å². The highest BCUT2D eigenvalue weighted by Gasteiger charge is 2.50. The molecule has 0 bridgehead atoms. The van der Waals surface area contributed by atoms with E-state index < -0.39 is 23.0 Å². The standard InChI is InChI=1S/C24H25F4N5O2/c25-17-3-5-18(6-4-17)33-15-29-21(34)23(33)8-12-31(13-9-23)10-1-11-32-20-7-2-16(24(26,27)28)14-19(20)30-22(32)35/h2-7,14H,1,8-13,15H2,(H,29,34)(H,30,35). The molecule has 11 heteroatoms. The van der Waals surface area contributed by atoms with E-state index in [9.17, 15) is 27.2 Å². The molecule has 7 nitrogen and oxygen atoms in total. The van der Waals surface area contributed by atoms with E-state index in [0.29, 0.717) is 57.6 Å². The van der Waals surface area contributed by atoms with E-state index in [-0.39, 0.29) is 17.2 Å². The van der Waals surface area contributed by atoms with Crippen molar-refractivity contribution in [2.75, 3.05) is 31.2 Å². The Bertz CT molecular complexity index is 1290. The first-order valence-corrected chi connectivity index (χ1v) is 11.5. The van der Waals surface area contributed by atoms with Crippen LogP contribution in [0.3, 0.4) is 0 Å². The summed E-state index contributed by atoms with van der Waals surface area (Å²) < 4.78 is 53.7. The number of hydrogen-bond acceptors (Lipinski definition) is 4. The van der Waals surface area contributed by atoms with Crippen LogP contribution in [0.4, 0.5) is 23.2 Å². The topological polar surface area (TPSA) is 73.4 Å². The first-order chi connectivity index (χ1) is 16.7. The van der Waals surface area contributed by atoms with Gasteiger partial charge in [0.2, 0.25) is 5.91 Å². The molecule has 1 amide bonds. The fourth-order valence-electron chi connectivity index (χ4n) is 5.21. The van der Waals surface area contributed by atoms with Gasteiger partial charge in [-0.05, 0) is 68.3 Å². The lowest BCUT2D eigenvalue weighted by molar-refractivity contribution is -0.137. The number of likely N-dealkylation sites (tertiary alicyclic amines) is 1. The number of imidazole rings is 1. The number of nitrogens with one attached hydrogen (secondary N) is 2. The fourth-order valence-corrected chi connectivity index (χ4v) is 5.21. The van der Waals surface area contributed by atoms with Crippen molar-refractivity contribution in [1.82, 2.24) is 19.8 Å². The number of aromatic amines is 1. The molecule has 2 saturated heterocycles. The summed E-state index contributed by atoms with van der Waals surface area (Å²) in [6.07, 6.45) is -2.61. The summed E-state index contributed by atoms with van der Waals surface area (Å²) in [4.78, 5) is 31.8. The zero-order valence-corrected chi connectivity index (χ0v) is 18.9. The maximum atomic E-state index is 13.4. The molecule has 2 aromatic carbocycles. The van der Waals surface area contributed by atoms with Crippen LogP contribution in [0.15, 0.2) is 47.3 Å². The smallest absolute Gasteiger partial charge is 0.339 e. The summed E-state index contributed by atoms with van der Waals surface area (Å²) in [5.41, 5.74) is -0.499. The van der Waals surface area contributed by atoms with Crippen molar-refractivity contribution in [3.8, 4) is 0 Å². The van der Waals surface area contributed by atoms with Crippen molar-refractivity contribution in [3.63, 3.8) is 0 Å². The monoisotopic (exact) mass is 491 g/mol. The van der Waals surface area contributed by atoms with Crippen LogP contribution in [-0.4, -0.2) is 52.2 Å². The summed E-state index contributed by atoms with van der Waals surface area (Å²) in [6, 6.07) is 9.39. The van der Waals surface area contributed by atoms with Gasteiger partial charge in [-0.1, -0.05) is 0 Å². The number of aryl methyl sites for hydroxylation is 1. The highest BCUT2D eigenvalue weighted by Crippen LogP contribution is 2.36. The van der Waals surface area contributed by atoms with Crippen LogP contribution in [-0.2, 0) is 17.5 Å². The summed E-state index contributed by atoms with van der Waals surface area (Å²) in [7, 11) is 0. The van der Waals surface area contributed by atoms with Crippen LogP contribution in [0.5, 0.6) is 0 Å². The van der Waals surface area contributed by atoms with Gasteiger partial charge in [0.1, 0.15) is 11.4 Å². The molecule has 3 heterocycles. The van der Waals surface area contributed by atoms with E-state index >= 15 is 0 Å². The van der Waals surface area contributed by atoms with Crippen molar-refractivity contribution in [3.05, 3.63) is 64.3 Å². The number of aromatic nitrogens is 2. The molecule has 35 heavy (non-hydrogen) atoms. The largest absolute Gasteiger partial charge is 0.416 e. The van der Waals surface area contributed by atoms with E-state index in [1.165, 1.54) is 22.8 Å². The molecule has 2 aliphatic rings. The molecular formula is C24H25F4N5O2. The van der Waals surface area contributed by atoms with E-state index in [1.807, 2.05) is 4.90 Å². The number of fused-ring (bicyclic) bond motifs is 1. The normalized spacial score (nSPS) is 18.5. The number of rotatable bonds is 5. The number of carbonyl (C=O) groups is 1. The van der Waals surface area contributed by atoms with Gasteiger partial charge in [0.05, 0.1) is 23.3 Å². The lowest BCUT2D eigenvalue weighted by atomic mass is 9.85. The van der Waals surface area contributed by atoms with Gasteiger partial charge in [-0.15, -0.1) is 0 Å². The summed E-state index contributed by atoms with van der Waals surface area (Å²) in [5, 5.41) is 2.92. The van der Waals surface area contributed by atoms with Crippen LogP contribution < -0.4 is 15.9 Å². The van der Waals surface area contributed by atoms with E-state index in [1.54, 1.807) is 12.1 Å². The predicted octanol–water partition coefficient (Wildman–Crippen LogP) is 3.31. The van der Waals surface area contributed by atoms with Crippen molar-refractivity contribution in [1.29, 1.82) is 0 Å². The number of carbonyl (C=O) groups excluding carboxylic acids is 1. The maximum Gasteiger partial charge on any atom is 0.416 e. The number of piperidine rings is 1. The number of benzene rings is 2. The third-order valence-corrected chi connectivity index (χ3v) is 7.12. The second-order valence-electron chi connectivity index (χ2n) is 9.11. The summed E-state index contributed by atoms with van der Waals surface area (Å²) >= 11 is 0. The highest BCUT2D eigenvalue weighted by atomic mass is 19.4. The molecule has 2 aliphatic heterocycles. The Labute approximate surface area is 198 Å². The van der Waals surface area contributed by atoms with Crippen LogP contribution >= 0.6 is 0 Å². The lowest BCUT2D eigenvalue weighted by Crippen LogP contribution is -2.56. The number of halogens is 4. The average Bonchev–Trinajstić information content (AvgIpc) is 3.31. The summed E-state index contributed by atoms with van der Waals surface area (Å²) in [6.45, 7) is 2.80. The van der Waals surface area contributed by atoms with Crippen molar-refractivity contribution < 1.29 is 22.4 Å². The quantitative estimate of drug-likeness (QED) is 0.538. The van der Waals surface area contributed by atoms with Gasteiger partial charge in [-0.25, -0.2) is 9.18 Å². The number of anilines is 1. The van der Waals surface area contributed by atoms with Gasteiger partial charge in [0, 0.05) is 25.3 Å². The number of H-pyrrole nitrogens is 1. The molecule has 186 valence electrons. The lowest BCUT2D eigenvalue weighted by Gasteiger charge is -2.43. The Hall–Kier alpha value is -3.34. The molecule has 3 aromatic rings. The molecule has 0 radical (unpaired) electrons. The average molecular weight is 491 g/mol. The van der Waals surface area contributed by atoms with Gasteiger partial charge in [-0.2, -0.15) is 13.2 Å². The Morgan fingerprint density at radius 2 is 1.69 bits per heavy atom. The number of alkyl halides is 3. The van der Waals surface area contributed by atoms with Gasteiger partial charge < -0.3 is 20.1 Å². The molecule has 0 atom stereocenters. The zero-order valence-electron chi connectivity index (χ0n) is 18.9. The minimum Gasteiger partial charge on any atom is -0.339 e. The first kappa shape index (κ1) is 23.4. The van der Waals surface area contributed by atoms with Gasteiger partial charge in [0.15, 0.2) is 0 Å². The molecule has 0 unspecified atom stereocenters. The van der Waals surface area contributed by atoms with Crippen molar-refractivity contribution >= 4 is 22.6 Å². The van der Waals surface area contributed by atoms with E-state index in [4.69, 9.17) is 0 Å². The molecule has 5 rings (SSSR count). The van der Waals surface area contributed by atoms with Crippen LogP contribution in [0, 0.1) is 5.82 Å². The van der Waals surface area contributed by atoms with Gasteiger partial charge in [-0.3, -0.25) is 9.36 Å². The Balaban J connectivity index is 1.21. The molecule has 0 saturated carbocycles. The van der Waals surface area contributed by atoms with E-state index in [0.717, 1.165) is 17.8 Å². The van der Waals surface area contributed by atoms with Crippen LogP contribution in [0.1, 0.15) is 24.8 Å². The Kier molecular flexibility index (Phi) is 5.82. The van der Waals surface area contributed by atoms with Crippen LogP contribution in [0.25, 0.3) is 11.0 Å². The Morgan fingerprint density at radius 1 is 0.971 bits per heavy atom. The number of nitrogens with zero attached hydrogens (tertiary/aromatic N) is 3. The number of amides is 1. The zero-order chi connectivity index (χ0) is 24.8. The number of hydrogen-bond donors (Lipinski definition) is 2. The second kappa shape index (κ2) is 8.71. The molecule has 2 fully saturated rings. The third kappa shape index (κ3) is 4.29. The fraction of sp³-hybridized carbons (Fsp3) is 0.417. The van der Waals surface area contributed by atoms with Crippen molar-refractivity contribution in [2.24, 2.45) is 0 Å². The Morgan fingerprint density at radius 3 is 2.37 bits per heavy atom. The third-order valence-electron chi connectivity index (χ3n) is 7.12. The maximum absolute atomic E-state index is 13.4. The minimum atomic E-state index is -4.47. The SMILES string of the molecule is O=C1NCN(c2ccc(F)cc2)C12CCN(CCCn1c(=O)[nH]c3cc(C(F)(F)F)ccc31)CC2. The molecule has 1 spiro atoms. The van der Waals surface area contributed by atoms with Gasteiger partial charge in [0.25, 0.3) is 0 Å². The first-order valence-electron chi connectivity index (χ1n) is 11.5. The summed E-state index contributed by atoms with van der Waals surface area (Å²) in [5.74, 6) is -0.351. The predicted molar refractivity (Wildman–Crippen MR) is 122 cm³/mol. The molecule has 2 N–H and O–H groups in total. The second-order valence-corrected chi connectivity index (χ2v) is 9.11. The van der Waals surface area contributed by atoms with Gasteiger partial charge >= 0.3 is 11.9 Å². The molecule has 0 aliphatic carbocycles. The molecule has 1 aromatic heterocycles. The van der Waals surface area contributed by atoms with Crippen molar-refractivity contribution in [2.45, 2.75) is 37.5 Å². The molecular weight excluding hydrogens is 466 g/mol.